The van der Waals surface area contributed by atoms with E-state index >= 15 is 0 Å². The monoisotopic (exact) mass is 183 g/mol. The number of nitrogens with one attached hydrogen (secondary N) is 1. The SMILES string of the molecule is CNC1CC2CC(C1)C2OC(C)C. The molecule has 3 fully saturated rings. The van der Waals surface area contributed by atoms with Crippen molar-refractivity contribution in [1.29, 1.82) is 0 Å². The number of rotatable bonds is 3. The van der Waals surface area contributed by atoms with Crippen molar-refractivity contribution in [1.82, 2.24) is 5.32 Å². The van der Waals surface area contributed by atoms with Gasteiger partial charge in [0.2, 0.25) is 0 Å². The summed E-state index contributed by atoms with van der Waals surface area (Å²) in [7, 11) is 2.08. The minimum absolute atomic E-state index is 0.404. The van der Waals surface area contributed by atoms with Gasteiger partial charge in [0.15, 0.2) is 0 Å². The van der Waals surface area contributed by atoms with Crippen LogP contribution >= 0.6 is 0 Å². The van der Waals surface area contributed by atoms with Crippen LogP contribution in [0.25, 0.3) is 0 Å². The highest BCUT2D eigenvalue weighted by Crippen LogP contribution is 2.47. The third-order valence-corrected chi connectivity index (χ3v) is 3.55. The van der Waals surface area contributed by atoms with Crippen LogP contribution in [0.5, 0.6) is 0 Å². The molecule has 1 N–H and O–H groups in total. The molecule has 0 aliphatic heterocycles. The molecular formula is C11H21NO. The highest BCUT2D eigenvalue weighted by atomic mass is 16.5. The molecule has 0 heterocycles. The molecule has 0 aromatic heterocycles. The first kappa shape index (κ1) is 9.47. The van der Waals surface area contributed by atoms with Gasteiger partial charge in [-0.05, 0) is 52.0 Å². The molecule has 0 aromatic carbocycles. The number of fused-ring (bicyclic) bond motifs is 2. The summed E-state index contributed by atoms with van der Waals surface area (Å²) in [5, 5.41) is 3.38. The van der Waals surface area contributed by atoms with Gasteiger partial charge in [-0.15, -0.1) is 0 Å². The third kappa shape index (κ3) is 1.75. The Morgan fingerprint density at radius 3 is 2.23 bits per heavy atom. The van der Waals surface area contributed by atoms with Crippen LogP contribution in [0.3, 0.4) is 0 Å². The first-order valence-electron chi connectivity index (χ1n) is 5.53. The van der Waals surface area contributed by atoms with E-state index in [9.17, 15) is 0 Å². The average molecular weight is 183 g/mol. The highest BCUT2D eigenvalue weighted by Gasteiger charge is 2.47. The highest BCUT2D eigenvalue weighted by molar-refractivity contribution is 4.99. The molecule has 0 radical (unpaired) electrons. The Hall–Kier alpha value is -0.0800. The van der Waals surface area contributed by atoms with Crippen molar-refractivity contribution in [2.24, 2.45) is 11.8 Å². The molecule has 0 saturated heterocycles. The van der Waals surface area contributed by atoms with Crippen LogP contribution in [0.1, 0.15) is 33.1 Å². The zero-order chi connectivity index (χ0) is 9.42. The number of ether oxygens (including phenoxy) is 1. The fourth-order valence-electron chi connectivity index (χ4n) is 2.91. The van der Waals surface area contributed by atoms with Crippen molar-refractivity contribution in [2.75, 3.05) is 7.05 Å². The van der Waals surface area contributed by atoms with E-state index in [1.165, 1.54) is 19.3 Å². The molecule has 2 unspecified atom stereocenters. The summed E-state index contributed by atoms with van der Waals surface area (Å²) >= 11 is 0. The zero-order valence-corrected chi connectivity index (χ0v) is 8.92. The molecule has 13 heavy (non-hydrogen) atoms. The van der Waals surface area contributed by atoms with Gasteiger partial charge in [-0.3, -0.25) is 0 Å². The quantitative estimate of drug-likeness (QED) is 0.720. The first-order chi connectivity index (χ1) is 6.20. The zero-order valence-electron chi connectivity index (χ0n) is 8.92. The van der Waals surface area contributed by atoms with E-state index in [-0.39, 0.29) is 0 Å². The maximum absolute atomic E-state index is 5.92. The minimum Gasteiger partial charge on any atom is -0.375 e. The van der Waals surface area contributed by atoms with Crippen molar-refractivity contribution in [3.8, 4) is 0 Å². The van der Waals surface area contributed by atoms with Gasteiger partial charge in [0.1, 0.15) is 0 Å². The number of hydrogen-bond donors (Lipinski definition) is 1. The van der Waals surface area contributed by atoms with Gasteiger partial charge < -0.3 is 10.1 Å². The summed E-state index contributed by atoms with van der Waals surface area (Å²) in [6.45, 7) is 4.28. The van der Waals surface area contributed by atoms with Gasteiger partial charge in [-0.2, -0.15) is 0 Å². The Labute approximate surface area is 81.0 Å². The summed E-state index contributed by atoms with van der Waals surface area (Å²) in [5.74, 6) is 1.69. The molecule has 3 aliphatic rings. The van der Waals surface area contributed by atoms with Gasteiger partial charge in [-0.1, -0.05) is 0 Å². The normalized spacial score (nSPS) is 43.4. The van der Waals surface area contributed by atoms with E-state index in [1.54, 1.807) is 0 Å². The van der Waals surface area contributed by atoms with Crippen molar-refractivity contribution in [3.63, 3.8) is 0 Å². The van der Waals surface area contributed by atoms with Crippen LogP contribution in [0.2, 0.25) is 0 Å². The molecule has 3 rings (SSSR count). The molecule has 0 spiro atoms. The Morgan fingerprint density at radius 1 is 1.15 bits per heavy atom. The summed E-state index contributed by atoms with van der Waals surface area (Å²) < 4.78 is 5.92. The maximum atomic E-state index is 5.92. The fraction of sp³-hybridized carbons (Fsp3) is 1.00. The summed E-state index contributed by atoms with van der Waals surface area (Å²) in [6, 6.07) is 0.760. The van der Waals surface area contributed by atoms with Crippen molar-refractivity contribution in [3.05, 3.63) is 0 Å². The molecule has 2 heteroatoms. The Balaban J connectivity index is 1.85. The Morgan fingerprint density at radius 2 is 1.77 bits per heavy atom. The minimum atomic E-state index is 0.404. The molecule has 0 aromatic rings. The van der Waals surface area contributed by atoms with E-state index in [1.807, 2.05) is 0 Å². The molecule has 3 aliphatic carbocycles. The molecule has 2 bridgehead atoms. The molecular weight excluding hydrogens is 162 g/mol. The van der Waals surface area contributed by atoms with Crippen molar-refractivity contribution < 1.29 is 4.74 Å². The summed E-state index contributed by atoms with van der Waals surface area (Å²) in [4.78, 5) is 0. The molecule has 3 saturated carbocycles. The summed E-state index contributed by atoms with van der Waals surface area (Å²) in [6.07, 6.45) is 5.05. The van der Waals surface area contributed by atoms with Gasteiger partial charge >= 0.3 is 0 Å². The Kier molecular flexibility index (Phi) is 2.61. The second-order valence-corrected chi connectivity index (χ2v) is 4.86. The Bertz CT molecular complexity index is 169. The maximum Gasteiger partial charge on any atom is 0.0636 e. The van der Waals surface area contributed by atoms with Crippen LogP contribution in [-0.4, -0.2) is 25.3 Å². The topological polar surface area (TPSA) is 21.3 Å². The largest absolute Gasteiger partial charge is 0.375 e. The lowest BCUT2D eigenvalue weighted by atomic mass is 9.61. The third-order valence-electron chi connectivity index (χ3n) is 3.55. The van der Waals surface area contributed by atoms with Gasteiger partial charge in [0.05, 0.1) is 12.2 Å². The lowest BCUT2D eigenvalue weighted by molar-refractivity contribution is -0.147. The lowest BCUT2D eigenvalue weighted by Gasteiger charge is -2.52. The predicted octanol–water partition coefficient (Wildman–Crippen LogP) is 1.80. The van der Waals surface area contributed by atoms with E-state index in [4.69, 9.17) is 4.74 Å². The van der Waals surface area contributed by atoms with Crippen molar-refractivity contribution in [2.45, 2.75) is 51.4 Å². The van der Waals surface area contributed by atoms with Crippen molar-refractivity contribution >= 4 is 0 Å². The number of hydrogen-bond acceptors (Lipinski definition) is 2. The second-order valence-electron chi connectivity index (χ2n) is 4.86. The molecule has 2 nitrogen and oxygen atoms in total. The van der Waals surface area contributed by atoms with E-state index in [0.717, 1.165) is 17.9 Å². The fourth-order valence-corrected chi connectivity index (χ4v) is 2.91. The van der Waals surface area contributed by atoms with E-state index < -0.39 is 0 Å². The van der Waals surface area contributed by atoms with Gasteiger partial charge in [-0.25, -0.2) is 0 Å². The summed E-state index contributed by atoms with van der Waals surface area (Å²) in [5.41, 5.74) is 0. The lowest BCUT2D eigenvalue weighted by Crippen LogP contribution is -2.54. The second kappa shape index (κ2) is 3.58. The molecule has 2 atom stereocenters. The van der Waals surface area contributed by atoms with E-state index in [0.29, 0.717) is 12.2 Å². The van der Waals surface area contributed by atoms with Crippen LogP contribution < -0.4 is 5.32 Å². The predicted molar refractivity (Wildman–Crippen MR) is 53.7 cm³/mol. The van der Waals surface area contributed by atoms with E-state index in [2.05, 4.69) is 26.2 Å². The van der Waals surface area contributed by atoms with Crippen LogP contribution in [0, 0.1) is 11.8 Å². The van der Waals surface area contributed by atoms with Gasteiger partial charge in [0, 0.05) is 6.04 Å². The standard InChI is InChI=1S/C11H21NO/c1-7(2)13-11-8-4-9(11)6-10(5-8)12-3/h7-12H,4-6H2,1-3H3. The average Bonchev–Trinajstić information content (AvgIpc) is 2.14. The first-order valence-corrected chi connectivity index (χ1v) is 5.53. The van der Waals surface area contributed by atoms with Crippen LogP contribution in [-0.2, 0) is 4.74 Å². The smallest absolute Gasteiger partial charge is 0.0636 e. The van der Waals surface area contributed by atoms with Gasteiger partial charge in [0.25, 0.3) is 0 Å². The van der Waals surface area contributed by atoms with Crippen LogP contribution in [0.4, 0.5) is 0 Å². The molecule has 0 amide bonds. The van der Waals surface area contributed by atoms with Crippen LogP contribution in [0.15, 0.2) is 0 Å². The molecule has 76 valence electrons.